The molecule has 31 heavy (non-hydrogen) atoms. The summed E-state index contributed by atoms with van der Waals surface area (Å²) in [5.74, 6) is 0.860. The molecule has 0 unspecified atom stereocenters. The molecule has 3 aromatic rings. The minimum absolute atomic E-state index is 0.0612. The van der Waals surface area contributed by atoms with Crippen molar-refractivity contribution in [2.24, 2.45) is 0 Å². The molecule has 0 N–H and O–H groups in total. The summed E-state index contributed by atoms with van der Waals surface area (Å²) < 4.78 is 56.4. The van der Waals surface area contributed by atoms with E-state index in [1.165, 1.54) is 23.8 Å². The summed E-state index contributed by atoms with van der Waals surface area (Å²) in [5, 5.41) is 8.30. The van der Waals surface area contributed by atoms with Crippen molar-refractivity contribution in [1.29, 1.82) is 0 Å². The standard InChI is InChI=1S/C20H18F3N3O4S/c1-28-15-6-8-16(9-7-15)30-11-17-24-25-19(31-12-18(27)29-2)26(17)14-5-3-4-13(10-14)20(21,22)23/h3-10H,11-12H2,1-2H3. The van der Waals surface area contributed by atoms with Crippen LogP contribution >= 0.6 is 11.8 Å². The molecule has 3 rings (SSSR count). The lowest BCUT2D eigenvalue weighted by Gasteiger charge is -2.13. The minimum atomic E-state index is -4.51. The summed E-state index contributed by atoms with van der Waals surface area (Å²) in [6.45, 7) is -0.0612. The highest BCUT2D eigenvalue weighted by atomic mass is 32.2. The van der Waals surface area contributed by atoms with Gasteiger partial charge in [-0.3, -0.25) is 9.36 Å². The molecule has 164 valence electrons. The van der Waals surface area contributed by atoms with Crippen LogP contribution in [0.5, 0.6) is 11.5 Å². The number of benzene rings is 2. The van der Waals surface area contributed by atoms with Gasteiger partial charge >= 0.3 is 12.1 Å². The van der Waals surface area contributed by atoms with E-state index in [0.29, 0.717) is 11.5 Å². The highest BCUT2D eigenvalue weighted by Crippen LogP contribution is 2.32. The van der Waals surface area contributed by atoms with Crippen LogP contribution in [0.3, 0.4) is 0 Å². The Hall–Kier alpha value is -3.21. The Bertz CT molecular complexity index is 1040. The first-order valence-electron chi connectivity index (χ1n) is 8.90. The second kappa shape index (κ2) is 9.73. The highest BCUT2D eigenvalue weighted by Gasteiger charge is 2.31. The lowest BCUT2D eigenvalue weighted by molar-refractivity contribution is -0.138. The molecule has 0 atom stereocenters. The zero-order chi connectivity index (χ0) is 22.4. The van der Waals surface area contributed by atoms with Crippen molar-refractivity contribution in [3.05, 3.63) is 59.9 Å². The number of nitrogens with zero attached hydrogens (tertiary/aromatic N) is 3. The molecule has 0 saturated heterocycles. The summed E-state index contributed by atoms with van der Waals surface area (Å²) in [4.78, 5) is 11.5. The first-order chi connectivity index (χ1) is 14.8. The molecular weight excluding hydrogens is 435 g/mol. The summed E-state index contributed by atoms with van der Waals surface area (Å²) >= 11 is 0.997. The number of esters is 1. The number of halogens is 3. The van der Waals surface area contributed by atoms with Crippen LogP contribution in [-0.2, 0) is 22.3 Å². The Morgan fingerprint density at radius 1 is 1.06 bits per heavy atom. The van der Waals surface area contributed by atoms with Crippen LogP contribution in [0.2, 0.25) is 0 Å². The van der Waals surface area contributed by atoms with Gasteiger partial charge in [-0.15, -0.1) is 10.2 Å². The molecule has 1 aromatic heterocycles. The molecule has 0 fully saturated rings. The molecule has 7 nitrogen and oxygen atoms in total. The van der Waals surface area contributed by atoms with Gasteiger partial charge in [-0.25, -0.2) is 0 Å². The molecule has 0 amide bonds. The van der Waals surface area contributed by atoms with Crippen molar-refractivity contribution >= 4 is 17.7 Å². The van der Waals surface area contributed by atoms with Crippen molar-refractivity contribution in [2.45, 2.75) is 17.9 Å². The average Bonchev–Trinajstić information content (AvgIpc) is 3.18. The van der Waals surface area contributed by atoms with Gasteiger partial charge in [0.2, 0.25) is 0 Å². The maximum atomic E-state index is 13.2. The van der Waals surface area contributed by atoms with Gasteiger partial charge in [-0.2, -0.15) is 13.2 Å². The van der Waals surface area contributed by atoms with E-state index in [-0.39, 0.29) is 29.0 Å². The van der Waals surface area contributed by atoms with Crippen molar-refractivity contribution in [3.8, 4) is 17.2 Å². The SMILES string of the molecule is COC(=O)CSc1nnc(COc2ccc(OC)cc2)n1-c1cccc(C(F)(F)F)c1. The molecule has 2 aromatic carbocycles. The van der Waals surface area contributed by atoms with Crippen molar-refractivity contribution in [1.82, 2.24) is 14.8 Å². The van der Waals surface area contributed by atoms with Crippen LogP contribution in [0.15, 0.2) is 53.7 Å². The Morgan fingerprint density at radius 3 is 2.42 bits per heavy atom. The van der Waals surface area contributed by atoms with E-state index < -0.39 is 17.7 Å². The van der Waals surface area contributed by atoms with Crippen LogP contribution in [0, 0.1) is 0 Å². The number of hydrogen-bond acceptors (Lipinski definition) is 7. The number of aromatic nitrogens is 3. The molecule has 0 radical (unpaired) electrons. The quantitative estimate of drug-likeness (QED) is 0.375. The maximum Gasteiger partial charge on any atom is 0.416 e. The molecule has 0 saturated carbocycles. The molecule has 11 heteroatoms. The Labute approximate surface area is 180 Å². The van der Waals surface area contributed by atoms with E-state index in [1.807, 2.05) is 0 Å². The van der Waals surface area contributed by atoms with Gasteiger partial charge in [0.15, 0.2) is 11.0 Å². The number of rotatable bonds is 8. The van der Waals surface area contributed by atoms with E-state index in [1.54, 1.807) is 31.4 Å². The number of thioether (sulfide) groups is 1. The van der Waals surface area contributed by atoms with E-state index in [4.69, 9.17) is 9.47 Å². The molecular formula is C20H18F3N3O4S. The monoisotopic (exact) mass is 453 g/mol. The van der Waals surface area contributed by atoms with E-state index in [9.17, 15) is 18.0 Å². The van der Waals surface area contributed by atoms with Crippen LogP contribution in [-0.4, -0.2) is 40.7 Å². The van der Waals surface area contributed by atoms with Crippen molar-refractivity contribution in [2.75, 3.05) is 20.0 Å². The van der Waals surface area contributed by atoms with E-state index >= 15 is 0 Å². The molecule has 0 spiro atoms. The third-order valence-corrected chi connectivity index (χ3v) is 5.01. The van der Waals surface area contributed by atoms with Crippen LogP contribution < -0.4 is 9.47 Å². The fraction of sp³-hybridized carbons (Fsp3) is 0.250. The first-order valence-corrected chi connectivity index (χ1v) is 9.88. The van der Waals surface area contributed by atoms with Gasteiger partial charge in [-0.1, -0.05) is 17.8 Å². The number of alkyl halides is 3. The van der Waals surface area contributed by atoms with E-state index in [2.05, 4.69) is 14.9 Å². The fourth-order valence-corrected chi connectivity index (χ4v) is 3.37. The fourth-order valence-electron chi connectivity index (χ4n) is 2.57. The topological polar surface area (TPSA) is 75.5 Å². The smallest absolute Gasteiger partial charge is 0.416 e. The van der Waals surface area contributed by atoms with Gasteiger partial charge in [0, 0.05) is 0 Å². The molecule has 0 aliphatic heterocycles. The predicted octanol–water partition coefficient (Wildman–Crippen LogP) is 4.14. The number of hydrogen-bond donors (Lipinski definition) is 0. The molecule has 0 aliphatic carbocycles. The largest absolute Gasteiger partial charge is 0.497 e. The van der Waals surface area contributed by atoms with Crippen LogP contribution in [0.25, 0.3) is 5.69 Å². The van der Waals surface area contributed by atoms with Gasteiger partial charge in [-0.05, 0) is 42.5 Å². The summed E-state index contributed by atoms with van der Waals surface area (Å²) in [6, 6.07) is 11.6. The predicted molar refractivity (Wildman–Crippen MR) is 106 cm³/mol. The lowest BCUT2D eigenvalue weighted by Crippen LogP contribution is -2.10. The minimum Gasteiger partial charge on any atom is -0.497 e. The van der Waals surface area contributed by atoms with Gasteiger partial charge in [0.1, 0.15) is 18.1 Å². The molecule has 1 heterocycles. The second-order valence-electron chi connectivity index (χ2n) is 6.11. The Kier molecular flexibility index (Phi) is 7.06. The molecule has 0 bridgehead atoms. The zero-order valence-corrected chi connectivity index (χ0v) is 17.4. The number of ether oxygens (including phenoxy) is 3. The number of carbonyl (C=O) groups excluding carboxylic acids is 1. The van der Waals surface area contributed by atoms with Crippen molar-refractivity contribution < 1.29 is 32.2 Å². The van der Waals surface area contributed by atoms with Crippen molar-refractivity contribution in [3.63, 3.8) is 0 Å². The lowest BCUT2D eigenvalue weighted by atomic mass is 10.2. The number of carbonyl (C=O) groups is 1. The second-order valence-corrected chi connectivity index (χ2v) is 7.05. The Morgan fingerprint density at radius 2 is 1.77 bits per heavy atom. The zero-order valence-electron chi connectivity index (χ0n) is 16.5. The average molecular weight is 453 g/mol. The van der Waals surface area contributed by atoms with E-state index in [0.717, 1.165) is 23.9 Å². The highest BCUT2D eigenvalue weighted by molar-refractivity contribution is 7.99. The van der Waals surface area contributed by atoms with Crippen LogP contribution in [0.1, 0.15) is 11.4 Å². The Balaban J connectivity index is 1.91. The first kappa shape index (κ1) is 22.5. The third-order valence-electron chi connectivity index (χ3n) is 4.11. The van der Waals surface area contributed by atoms with Gasteiger partial charge in [0.05, 0.1) is 31.2 Å². The summed E-state index contributed by atoms with van der Waals surface area (Å²) in [7, 11) is 2.79. The van der Waals surface area contributed by atoms with Gasteiger partial charge in [0.25, 0.3) is 0 Å². The van der Waals surface area contributed by atoms with Gasteiger partial charge < -0.3 is 14.2 Å². The number of methoxy groups -OCH3 is 2. The third kappa shape index (κ3) is 5.69. The van der Waals surface area contributed by atoms with Crippen LogP contribution in [0.4, 0.5) is 13.2 Å². The summed E-state index contributed by atoms with van der Waals surface area (Å²) in [6.07, 6.45) is -4.51. The normalized spacial score (nSPS) is 11.3. The molecule has 0 aliphatic rings. The summed E-state index contributed by atoms with van der Waals surface area (Å²) in [5.41, 5.74) is -0.620. The maximum absolute atomic E-state index is 13.2.